The summed E-state index contributed by atoms with van der Waals surface area (Å²) < 4.78 is 2.23. The summed E-state index contributed by atoms with van der Waals surface area (Å²) in [6.45, 7) is 6.75. The van der Waals surface area contributed by atoms with Gasteiger partial charge in [-0.25, -0.2) is 10.4 Å². The average Bonchev–Trinajstić information content (AvgIpc) is 3.23. The molecule has 4 aromatic carbocycles. The van der Waals surface area contributed by atoms with E-state index in [0.29, 0.717) is 22.8 Å². The Balaban J connectivity index is 1.36. The Labute approximate surface area is 254 Å². The van der Waals surface area contributed by atoms with Gasteiger partial charge < -0.3 is 4.57 Å². The minimum atomic E-state index is -0.312. The maximum Gasteiger partial charge on any atom is 0.272 e. The van der Waals surface area contributed by atoms with Crippen LogP contribution in [0.5, 0.6) is 0 Å². The number of aryl methyl sites for hydroxylation is 2. The van der Waals surface area contributed by atoms with Crippen molar-refractivity contribution in [3.63, 3.8) is 0 Å². The second-order valence-corrected chi connectivity index (χ2v) is 11.3. The van der Waals surface area contributed by atoms with E-state index in [9.17, 15) is 4.79 Å². The van der Waals surface area contributed by atoms with Crippen LogP contribution in [0, 0.1) is 20.8 Å². The number of pyridine rings is 1. The van der Waals surface area contributed by atoms with Crippen molar-refractivity contribution in [1.29, 1.82) is 0 Å². The molecule has 2 aromatic heterocycles. The predicted molar refractivity (Wildman–Crippen MR) is 174 cm³/mol. The molecule has 42 heavy (non-hydrogen) atoms. The van der Waals surface area contributed by atoms with E-state index < -0.39 is 0 Å². The van der Waals surface area contributed by atoms with Gasteiger partial charge in [0.05, 0.1) is 23.0 Å². The molecule has 0 fully saturated rings. The number of aromatic nitrogens is 2. The quantitative estimate of drug-likeness (QED) is 0.155. The van der Waals surface area contributed by atoms with Gasteiger partial charge in [0.15, 0.2) is 0 Å². The zero-order valence-electron chi connectivity index (χ0n) is 23.5. The molecular formula is C35H28Cl2N4O. The average molecular weight is 592 g/mol. The summed E-state index contributed by atoms with van der Waals surface area (Å²) in [5, 5.41) is 7.64. The van der Waals surface area contributed by atoms with Crippen LogP contribution in [0.3, 0.4) is 0 Å². The molecule has 0 aliphatic rings. The molecule has 2 heterocycles. The summed E-state index contributed by atoms with van der Waals surface area (Å²) in [7, 11) is 0. The third-order valence-electron chi connectivity index (χ3n) is 7.52. The van der Waals surface area contributed by atoms with E-state index in [1.807, 2.05) is 73.7 Å². The lowest BCUT2D eigenvalue weighted by molar-refractivity contribution is 0.0956. The monoisotopic (exact) mass is 590 g/mol. The van der Waals surface area contributed by atoms with Gasteiger partial charge in [-0.2, -0.15) is 5.10 Å². The molecular weight excluding hydrogens is 563 g/mol. The van der Waals surface area contributed by atoms with E-state index >= 15 is 0 Å². The van der Waals surface area contributed by atoms with Crippen molar-refractivity contribution in [3.8, 4) is 11.3 Å². The highest BCUT2D eigenvalue weighted by Gasteiger charge is 2.16. The molecule has 5 nitrogen and oxygen atoms in total. The van der Waals surface area contributed by atoms with Gasteiger partial charge in [-0.1, -0.05) is 76.8 Å². The van der Waals surface area contributed by atoms with Gasteiger partial charge in [0, 0.05) is 49.7 Å². The molecule has 0 aliphatic carbocycles. The third-order valence-corrected chi connectivity index (χ3v) is 8.14. The molecule has 0 radical (unpaired) electrons. The highest BCUT2D eigenvalue weighted by atomic mass is 35.5. The minimum absolute atomic E-state index is 0.312. The number of nitrogens with one attached hydrogen (secondary N) is 1. The first-order chi connectivity index (χ1) is 20.3. The van der Waals surface area contributed by atoms with Gasteiger partial charge in [-0.15, -0.1) is 0 Å². The zero-order chi connectivity index (χ0) is 29.4. The number of nitrogens with zero attached hydrogens (tertiary/aromatic N) is 3. The molecule has 0 aliphatic heterocycles. The maximum atomic E-state index is 13.6. The zero-order valence-corrected chi connectivity index (χ0v) is 25.0. The van der Waals surface area contributed by atoms with Gasteiger partial charge >= 0.3 is 0 Å². The lowest BCUT2D eigenvalue weighted by Gasteiger charge is -2.10. The fourth-order valence-corrected chi connectivity index (χ4v) is 5.62. The lowest BCUT2D eigenvalue weighted by Crippen LogP contribution is -2.18. The van der Waals surface area contributed by atoms with Crippen molar-refractivity contribution in [2.75, 3.05) is 0 Å². The summed E-state index contributed by atoms with van der Waals surface area (Å²) in [5.74, 6) is -0.312. The Morgan fingerprint density at radius 2 is 1.60 bits per heavy atom. The number of amides is 1. The van der Waals surface area contributed by atoms with Crippen molar-refractivity contribution in [2.24, 2.45) is 5.10 Å². The van der Waals surface area contributed by atoms with Crippen molar-refractivity contribution in [1.82, 2.24) is 15.0 Å². The van der Waals surface area contributed by atoms with Gasteiger partial charge in [-0.3, -0.25) is 4.79 Å². The molecule has 6 aromatic rings. The molecule has 208 valence electrons. The van der Waals surface area contributed by atoms with Crippen molar-refractivity contribution in [3.05, 3.63) is 135 Å². The molecule has 0 unspecified atom stereocenters. The van der Waals surface area contributed by atoms with Crippen LogP contribution in [0.4, 0.5) is 0 Å². The maximum absolute atomic E-state index is 13.6. The van der Waals surface area contributed by atoms with E-state index in [-0.39, 0.29) is 5.91 Å². The van der Waals surface area contributed by atoms with Crippen LogP contribution in [0.2, 0.25) is 10.0 Å². The van der Waals surface area contributed by atoms with E-state index in [0.717, 1.165) is 60.3 Å². The number of rotatable bonds is 6. The van der Waals surface area contributed by atoms with E-state index in [4.69, 9.17) is 28.2 Å². The summed E-state index contributed by atoms with van der Waals surface area (Å²) in [6, 6.07) is 29.4. The molecule has 1 N–H and O–H groups in total. The van der Waals surface area contributed by atoms with Crippen molar-refractivity contribution < 1.29 is 4.79 Å². The number of hydrogen-bond donors (Lipinski definition) is 1. The highest BCUT2D eigenvalue weighted by molar-refractivity contribution is 6.31. The molecule has 0 saturated carbocycles. The molecule has 0 saturated heterocycles. The molecule has 7 heteroatoms. The minimum Gasteiger partial charge on any atom is -0.340 e. The number of carbonyl (C=O) groups excluding carboxylic acids is 1. The number of halogens is 2. The molecule has 1 amide bonds. The summed E-state index contributed by atoms with van der Waals surface area (Å²) in [4.78, 5) is 18.4. The van der Waals surface area contributed by atoms with E-state index in [2.05, 4.69) is 47.1 Å². The predicted octanol–water partition coefficient (Wildman–Crippen LogP) is 8.90. The van der Waals surface area contributed by atoms with Crippen LogP contribution in [0.1, 0.15) is 38.3 Å². The smallest absolute Gasteiger partial charge is 0.272 e. The number of fused-ring (bicyclic) bond motifs is 2. The van der Waals surface area contributed by atoms with Gasteiger partial charge in [0.25, 0.3) is 5.91 Å². The van der Waals surface area contributed by atoms with E-state index in [1.54, 1.807) is 12.3 Å². The van der Waals surface area contributed by atoms with Crippen LogP contribution in [0.15, 0.2) is 96.1 Å². The lowest BCUT2D eigenvalue weighted by atomic mass is 10.0. The topological polar surface area (TPSA) is 59.3 Å². The van der Waals surface area contributed by atoms with Crippen LogP contribution in [0.25, 0.3) is 33.1 Å². The van der Waals surface area contributed by atoms with E-state index in [1.165, 1.54) is 0 Å². The Bertz CT molecular complexity index is 2010. The Hall–Kier alpha value is -4.45. The van der Waals surface area contributed by atoms with Crippen LogP contribution < -0.4 is 5.43 Å². The summed E-state index contributed by atoms with van der Waals surface area (Å²) >= 11 is 12.6. The number of carbonyl (C=O) groups is 1. The molecule has 0 spiro atoms. The number of hydrazone groups is 1. The van der Waals surface area contributed by atoms with Gasteiger partial charge in [0.1, 0.15) is 0 Å². The summed E-state index contributed by atoms with van der Waals surface area (Å²) in [6.07, 6.45) is 1.73. The normalized spacial score (nSPS) is 11.5. The number of hydrogen-bond acceptors (Lipinski definition) is 3. The Morgan fingerprint density at radius 3 is 2.36 bits per heavy atom. The van der Waals surface area contributed by atoms with Gasteiger partial charge in [-0.05, 0) is 74.9 Å². The second-order valence-electron chi connectivity index (χ2n) is 10.5. The first-order valence-corrected chi connectivity index (χ1v) is 14.4. The second kappa shape index (κ2) is 11.4. The highest BCUT2D eigenvalue weighted by Crippen LogP contribution is 2.29. The molecule has 6 rings (SSSR count). The van der Waals surface area contributed by atoms with Crippen LogP contribution in [-0.4, -0.2) is 21.7 Å². The third kappa shape index (κ3) is 5.41. The largest absolute Gasteiger partial charge is 0.340 e. The fraction of sp³-hybridized carbons (Fsp3) is 0.114. The summed E-state index contributed by atoms with van der Waals surface area (Å²) in [5.41, 5.74) is 11.8. The SMILES string of the molecule is Cc1ccc2nc(-c3ccc(Cl)cc3)cc(C(=O)N/N=C/c3c(C)n(Cc4ccccc4Cl)c4ccc(C)cc34)c2c1. The van der Waals surface area contributed by atoms with Crippen LogP contribution >= 0.6 is 23.2 Å². The molecule has 0 atom stereocenters. The van der Waals surface area contributed by atoms with Crippen molar-refractivity contribution in [2.45, 2.75) is 27.3 Å². The first kappa shape index (κ1) is 27.7. The molecule has 0 bridgehead atoms. The van der Waals surface area contributed by atoms with Crippen LogP contribution in [-0.2, 0) is 6.54 Å². The van der Waals surface area contributed by atoms with Gasteiger partial charge in [0.2, 0.25) is 0 Å². The Morgan fingerprint density at radius 1 is 0.881 bits per heavy atom. The standard InChI is InChI=1S/C35H28Cl2N4O/c1-21-8-14-32-27(16-21)29(18-33(39-32)24-10-12-26(36)13-11-24)35(42)40-38-19-30-23(3)41(20-25-6-4-5-7-31(25)37)34-15-9-22(2)17-28(30)34/h4-19H,20H2,1-3H3,(H,40,42)/b38-19+. The fourth-order valence-electron chi connectivity index (χ4n) is 5.30. The van der Waals surface area contributed by atoms with Crippen molar-refractivity contribution >= 4 is 57.1 Å². The Kier molecular flexibility index (Phi) is 7.55. The first-order valence-electron chi connectivity index (χ1n) is 13.6. The number of benzene rings is 4.